The minimum Gasteiger partial charge on any atom is -0.464 e. The average molecular weight is 470 g/mol. The Balaban J connectivity index is 1.47. The molecule has 4 heterocycles. The number of nitrogens with one attached hydrogen (secondary N) is 1. The maximum atomic E-state index is 12.6. The van der Waals surface area contributed by atoms with Gasteiger partial charge in [-0.2, -0.15) is 0 Å². The molecule has 0 fully saturated rings. The highest BCUT2D eigenvalue weighted by Gasteiger charge is 2.24. The smallest absolute Gasteiger partial charge is 0.341 e. The quantitative estimate of drug-likeness (QED) is 0.303. The second-order valence-electron chi connectivity index (χ2n) is 6.49. The van der Waals surface area contributed by atoms with E-state index in [1.807, 2.05) is 23.7 Å². The van der Waals surface area contributed by atoms with Crippen molar-refractivity contribution in [2.24, 2.45) is 7.05 Å². The van der Waals surface area contributed by atoms with Crippen LogP contribution in [0, 0.1) is 0 Å². The predicted octanol–water partition coefficient (Wildman–Crippen LogP) is 4.11. The fourth-order valence-corrected chi connectivity index (χ4v) is 4.62. The number of esters is 1. The maximum absolute atomic E-state index is 12.6. The lowest BCUT2D eigenvalue weighted by Crippen LogP contribution is -2.16. The number of anilines is 1. The highest BCUT2D eigenvalue weighted by Crippen LogP contribution is 2.36. The number of rotatable bonds is 8. The Labute approximate surface area is 191 Å². The fraction of sp³-hybridized carbons (Fsp3) is 0.190. The first-order valence-electron chi connectivity index (χ1n) is 9.63. The molecule has 1 N–H and O–H groups in total. The highest BCUT2D eigenvalue weighted by atomic mass is 32.2. The number of nitrogens with zero attached hydrogens (tertiary/aromatic N) is 4. The monoisotopic (exact) mass is 469 g/mol. The molecule has 0 saturated carbocycles. The Morgan fingerprint density at radius 3 is 2.78 bits per heavy atom. The van der Waals surface area contributed by atoms with E-state index in [1.54, 1.807) is 36.8 Å². The van der Waals surface area contributed by atoms with Crippen molar-refractivity contribution in [2.45, 2.75) is 12.1 Å². The van der Waals surface area contributed by atoms with Crippen molar-refractivity contribution in [2.75, 3.05) is 17.7 Å². The molecule has 0 bridgehead atoms. The van der Waals surface area contributed by atoms with Crippen LogP contribution in [0.3, 0.4) is 0 Å². The molecule has 0 aliphatic heterocycles. The van der Waals surface area contributed by atoms with Crippen LogP contribution in [0.4, 0.5) is 5.00 Å². The predicted molar refractivity (Wildman–Crippen MR) is 122 cm³/mol. The van der Waals surface area contributed by atoms with Gasteiger partial charge in [-0.3, -0.25) is 9.78 Å². The second-order valence-corrected chi connectivity index (χ2v) is 8.31. The number of furan rings is 1. The summed E-state index contributed by atoms with van der Waals surface area (Å²) >= 11 is 2.49. The number of carbonyl (C=O) groups is 2. The lowest BCUT2D eigenvalue weighted by molar-refractivity contribution is -0.113. The van der Waals surface area contributed by atoms with Gasteiger partial charge in [0.25, 0.3) is 0 Å². The summed E-state index contributed by atoms with van der Waals surface area (Å²) in [6.45, 7) is 1.95. The van der Waals surface area contributed by atoms with Crippen LogP contribution in [0.2, 0.25) is 0 Å². The maximum Gasteiger partial charge on any atom is 0.341 e. The van der Waals surface area contributed by atoms with Crippen LogP contribution < -0.4 is 5.32 Å². The van der Waals surface area contributed by atoms with E-state index >= 15 is 0 Å². The number of carbonyl (C=O) groups excluding carboxylic acids is 2. The molecule has 164 valence electrons. The number of pyridine rings is 1. The Kier molecular flexibility index (Phi) is 6.66. The number of hydrogen-bond donors (Lipinski definition) is 1. The van der Waals surface area contributed by atoms with E-state index in [1.165, 1.54) is 29.4 Å². The first-order valence-corrected chi connectivity index (χ1v) is 11.5. The summed E-state index contributed by atoms with van der Waals surface area (Å²) in [4.78, 5) is 29.2. The van der Waals surface area contributed by atoms with Gasteiger partial charge in [0.15, 0.2) is 11.0 Å². The SMILES string of the molecule is CCOC(=O)c1c(-c2ccco2)csc1NC(=O)CSc1nnc(-c2ccncc2)n1C. The number of hydrogen-bond acceptors (Lipinski definition) is 9. The van der Waals surface area contributed by atoms with Crippen molar-refractivity contribution in [1.82, 2.24) is 19.7 Å². The summed E-state index contributed by atoms with van der Waals surface area (Å²) in [6.07, 6.45) is 4.89. The number of thiophene rings is 1. The van der Waals surface area contributed by atoms with Gasteiger partial charge in [-0.25, -0.2) is 4.79 Å². The van der Waals surface area contributed by atoms with Gasteiger partial charge < -0.3 is 19.0 Å². The molecule has 0 unspecified atom stereocenters. The number of ether oxygens (including phenoxy) is 1. The molecule has 0 saturated heterocycles. The number of aromatic nitrogens is 4. The summed E-state index contributed by atoms with van der Waals surface area (Å²) in [5.74, 6) is 0.516. The van der Waals surface area contributed by atoms with E-state index in [0.29, 0.717) is 27.3 Å². The van der Waals surface area contributed by atoms with Crippen LogP contribution in [0.15, 0.2) is 57.9 Å². The van der Waals surface area contributed by atoms with E-state index in [0.717, 1.165) is 5.56 Å². The van der Waals surface area contributed by atoms with Gasteiger partial charge in [0.1, 0.15) is 16.3 Å². The molecule has 32 heavy (non-hydrogen) atoms. The molecule has 4 aromatic rings. The van der Waals surface area contributed by atoms with E-state index < -0.39 is 5.97 Å². The van der Waals surface area contributed by atoms with Crippen LogP contribution >= 0.6 is 23.1 Å². The molecule has 1 amide bonds. The summed E-state index contributed by atoms with van der Waals surface area (Å²) in [5.41, 5.74) is 1.75. The summed E-state index contributed by atoms with van der Waals surface area (Å²) in [7, 11) is 1.84. The van der Waals surface area contributed by atoms with E-state index in [4.69, 9.17) is 9.15 Å². The normalized spacial score (nSPS) is 10.8. The van der Waals surface area contributed by atoms with Gasteiger partial charge in [0.2, 0.25) is 5.91 Å². The second kappa shape index (κ2) is 9.79. The minimum absolute atomic E-state index is 0.0958. The van der Waals surface area contributed by atoms with E-state index in [9.17, 15) is 9.59 Å². The van der Waals surface area contributed by atoms with Crippen molar-refractivity contribution < 1.29 is 18.7 Å². The first kappa shape index (κ1) is 21.8. The third-order valence-corrected chi connectivity index (χ3v) is 6.33. The summed E-state index contributed by atoms with van der Waals surface area (Å²) < 4.78 is 12.4. The highest BCUT2D eigenvalue weighted by molar-refractivity contribution is 7.99. The molecule has 9 nitrogen and oxygen atoms in total. The van der Waals surface area contributed by atoms with E-state index in [2.05, 4.69) is 20.5 Å². The first-order chi connectivity index (χ1) is 15.6. The molecular formula is C21H19N5O4S2. The standard InChI is InChI=1S/C21H19N5O4S2/c1-3-29-20(28)17-14(15-5-4-10-30-15)11-31-19(17)23-16(27)12-32-21-25-24-18(26(21)2)13-6-8-22-9-7-13/h4-11H,3,12H2,1-2H3,(H,23,27). The summed E-state index contributed by atoms with van der Waals surface area (Å²) in [6, 6.07) is 7.17. The van der Waals surface area contributed by atoms with Gasteiger partial charge in [-0.1, -0.05) is 11.8 Å². The zero-order chi connectivity index (χ0) is 22.5. The van der Waals surface area contributed by atoms with Gasteiger partial charge >= 0.3 is 5.97 Å². The summed E-state index contributed by atoms with van der Waals surface area (Å²) in [5, 5.41) is 14.0. The molecule has 0 atom stereocenters. The largest absolute Gasteiger partial charge is 0.464 e. The Bertz CT molecular complexity index is 1220. The van der Waals surface area contributed by atoms with Crippen molar-refractivity contribution in [1.29, 1.82) is 0 Å². The van der Waals surface area contributed by atoms with Gasteiger partial charge in [0.05, 0.1) is 18.6 Å². The zero-order valence-electron chi connectivity index (χ0n) is 17.3. The van der Waals surface area contributed by atoms with Crippen LogP contribution in [-0.4, -0.2) is 44.0 Å². The average Bonchev–Trinajstić information content (AvgIpc) is 3.53. The molecule has 0 radical (unpaired) electrons. The molecule has 4 rings (SSSR count). The molecule has 4 aromatic heterocycles. The lowest BCUT2D eigenvalue weighted by Gasteiger charge is -2.08. The minimum atomic E-state index is -0.515. The van der Waals surface area contributed by atoms with E-state index in [-0.39, 0.29) is 23.8 Å². The van der Waals surface area contributed by atoms with Crippen molar-refractivity contribution >= 4 is 40.0 Å². The molecule has 0 spiro atoms. The van der Waals surface area contributed by atoms with Gasteiger partial charge in [-0.05, 0) is 31.2 Å². The molecule has 0 aliphatic rings. The lowest BCUT2D eigenvalue weighted by atomic mass is 10.1. The third-order valence-electron chi connectivity index (χ3n) is 4.42. The van der Waals surface area contributed by atoms with Crippen molar-refractivity contribution in [3.05, 3.63) is 53.9 Å². The molecule has 11 heteroatoms. The third kappa shape index (κ3) is 4.58. The van der Waals surface area contributed by atoms with Crippen molar-refractivity contribution in [3.63, 3.8) is 0 Å². The Morgan fingerprint density at radius 2 is 2.06 bits per heavy atom. The van der Waals surface area contributed by atoms with Crippen LogP contribution in [-0.2, 0) is 16.6 Å². The zero-order valence-corrected chi connectivity index (χ0v) is 18.9. The van der Waals surface area contributed by atoms with Crippen molar-refractivity contribution in [3.8, 4) is 22.7 Å². The van der Waals surface area contributed by atoms with Crippen LogP contribution in [0.1, 0.15) is 17.3 Å². The molecule has 0 aliphatic carbocycles. The number of thioether (sulfide) groups is 1. The topological polar surface area (TPSA) is 112 Å². The molecule has 0 aromatic carbocycles. The van der Waals surface area contributed by atoms with Gasteiger partial charge in [0, 0.05) is 35.9 Å². The Hall–Kier alpha value is -3.44. The van der Waals surface area contributed by atoms with Crippen LogP contribution in [0.5, 0.6) is 0 Å². The van der Waals surface area contributed by atoms with Gasteiger partial charge in [-0.15, -0.1) is 21.5 Å². The fourth-order valence-electron chi connectivity index (χ4n) is 2.95. The molecular weight excluding hydrogens is 450 g/mol. The Morgan fingerprint density at radius 1 is 1.25 bits per heavy atom. The van der Waals surface area contributed by atoms with Crippen LogP contribution in [0.25, 0.3) is 22.7 Å². The number of amides is 1.